The van der Waals surface area contributed by atoms with Crippen LogP contribution < -0.4 is 0 Å². The molecule has 0 spiro atoms. The number of pyridine rings is 1. The second kappa shape index (κ2) is 12.1. The lowest BCUT2D eigenvalue weighted by Crippen LogP contribution is -2.50. The molecule has 1 aromatic carbocycles. The summed E-state index contributed by atoms with van der Waals surface area (Å²) in [5.41, 5.74) is 2.27. The molecule has 2 unspecified atom stereocenters. The molecule has 34 heavy (non-hydrogen) atoms. The van der Waals surface area contributed by atoms with Crippen LogP contribution in [0.25, 0.3) is 0 Å². The van der Waals surface area contributed by atoms with Gasteiger partial charge in [-0.3, -0.25) is 19.6 Å². The number of hydrogen-bond acceptors (Lipinski definition) is 7. The SMILES string of the molecule is COC(c1ccc(C(C)(O)CN2CCN(CCO)CC2)cc1C)N(C=O)Cc1ccc(Cl)cn1. The highest BCUT2D eigenvalue weighted by molar-refractivity contribution is 6.30. The fourth-order valence-electron chi connectivity index (χ4n) is 4.43. The highest BCUT2D eigenvalue weighted by Crippen LogP contribution is 2.30. The first kappa shape index (κ1) is 26.5. The van der Waals surface area contributed by atoms with Crippen LogP contribution in [0.2, 0.25) is 5.02 Å². The standard InChI is InChI=1S/C25H35ClN4O4/c1-19-14-20(25(2,33)17-29-10-8-28(9-11-29)12-13-31)4-7-23(19)24(34-3)30(18-32)16-22-6-5-21(26)15-27-22/h4-7,14-15,18,24,31,33H,8-13,16-17H2,1-3H3. The van der Waals surface area contributed by atoms with Gasteiger partial charge in [-0.2, -0.15) is 0 Å². The summed E-state index contributed by atoms with van der Waals surface area (Å²) in [4.78, 5) is 22.2. The first-order valence-electron chi connectivity index (χ1n) is 11.5. The molecule has 8 nitrogen and oxygen atoms in total. The number of benzene rings is 1. The molecule has 9 heteroatoms. The van der Waals surface area contributed by atoms with Crippen molar-refractivity contribution in [1.82, 2.24) is 19.7 Å². The summed E-state index contributed by atoms with van der Waals surface area (Å²) in [6.07, 6.45) is 1.72. The Kier molecular flexibility index (Phi) is 9.41. The van der Waals surface area contributed by atoms with E-state index in [0.717, 1.165) is 49.3 Å². The normalized spacial score (nSPS) is 17.8. The average Bonchev–Trinajstić information content (AvgIpc) is 2.82. The van der Waals surface area contributed by atoms with Crippen LogP contribution in [-0.4, -0.2) is 89.3 Å². The van der Waals surface area contributed by atoms with Crippen molar-refractivity contribution < 1.29 is 19.7 Å². The number of rotatable bonds is 11. The smallest absolute Gasteiger partial charge is 0.212 e. The predicted molar refractivity (Wildman–Crippen MR) is 131 cm³/mol. The number of piperazine rings is 1. The lowest BCUT2D eigenvalue weighted by atomic mass is 9.91. The fourth-order valence-corrected chi connectivity index (χ4v) is 4.54. The third kappa shape index (κ3) is 6.75. The number of aliphatic hydroxyl groups excluding tert-OH is 1. The van der Waals surface area contributed by atoms with Gasteiger partial charge in [0.2, 0.25) is 6.41 Å². The molecule has 0 radical (unpaired) electrons. The summed E-state index contributed by atoms with van der Waals surface area (Å²) >= 11 is 5.92. The number of carbonyl (C=O) groups is 1. The third-order valence-electron chi connectivity index (χ3n) is 6.36. The van der Waals surface area contributed by atoms with Gasteiger partial charge in [0, 0.05) is 58.1 Å². The van der Waals surface area contributed by atoms with Gasteiger partial charge in [0.05, 0.1) is 29.5 Å². The Morgan fingerprint density at radius 3 is 2.50 bits per heavy atom. The van der Waals surface area contributed by atoms with Gasteiger partial charge in [0.25, 0.3) is 0 Å². The minimum atomic E-state index is -1.03. The summed E-state index contributed by atoms with van der Waals surface area (Å²) in [5.74, 6) is 0. The molecular formula is C25H35ClN4O4. The molecule has 1 aliphatic heterocycles. The van der Waals surface area contributed by atoms with Crippen LogP contribution in [0.5, 0.6) is 0 Å². The van der Waals surface area contributed by atoms with Crippen LogP contribution in [0, 0.1) is 6.92 Å². The largest absolute Gasteiger partial charge is 0.395 e. The van der Waals surface area contributed by atoms with Crippen molar-refractivity contribution in [3.05, 3.63) is 63.9 Å². The van der Waals surface area contributed by atoms with Gasteiger partial charge in [0.1, 0.15) is 0 Å². The number of hydrogen-bond donors (Lipinski definition) is 2. The van der Waals surface area contributed by atoms with E-state index in [1.807, 2.05) is 32.0 Å². The lowest BCUT2D eigenvalue weighted by molar-refractivity contribution is -0.132. The van der Waals surface area contributed by atoms with Gasteiger partial charge in [-0.15, -0.1) is 0 Å². The van der Waals surface area contributed by atoms with Gasteiger partial charge in [-0.1, -0.05) is 29.8 Å². The molecule has 2 aromatic rings. The summed E-state index contributed by atoms with van der Waals surface area (Å²) in [5, 5.41) is 20.9. The third-order valence-corrected chi connectivity index (χ3v) is 6.59. The number of aliphatic hydroxyl groups is 2. The predicted octanol–water partition coefficient (Wildman–Crippen LogP) is 2.16. The van der Waals surface area contributed by atoms with Crippen molar-refractivity contribution in [3.8, 4) is 0 Å². The molecular weight excluding hydrogens is 456 g/mol. The number of β-amino-alcohol motifs (C(OH)–C–C–N with tert-alkyl or cyclic N) is 2. The van der Waals surface area contributed by atoms with Crippen molar-refractivity contribution in [1.29, 1.82) is 0 Å². The van der Waals surface area contributed by atoms with Crippen LogP contribution >= 0.6 is 11.6 Å². The number of methoxy groups -OCH3 is 1. The second-order valence-corrected chi connectivity index (χ2v) is 9.46. The maximum atomic E-state index is 11.9. The van der Waals surface area contributed by atoms with E-state index in [-0.39, 0.29) is 13.2 Å². The maximum absolute atomic E-state index is 11.9. The van der Waals surface area contributed by atoms with Gasteiger partial charge in [-0.05, 0) is 37.1 Å². The maximum Gasteiger partial charge on any atom is 0.212 e. The number of aryl methyl sites for hydroxylation is 1. The molecule has 3 rings (SSSR count). The topological polar surface area (TPSA) is 89.4 Å². The van der Waals surface area contributed by atoms with Gasteiger partial charge in [-0.25, -0.2) is 0 Å². The van der Waals surface area contributed by atoms with Crippen molar-refractivity contribution >= 4 is 18.0 Å². The minimum absolute atomic E-state index is 0.170. The molecule has 0 aliphatic carbocycles. The number of aromatic nitrogens is 1. The molecule has 1 amide bonds. The fraction of sp³-hybridized carbons (Fsp3) is 0.520. The molecule has 2 atom stereocenters. The Labute approximate surface area is 206 Å². The Bertz CT molecular complexity index is 933. The zero-order valence-electron chi connectivity index (χ0n) is 20.2. The molecule has 2 heterocycles. The molecule has 2 N–H and O–H groups in total. The van der Waals surface area contributed by atoms with Crippen molar-refractivity contribution in [2.45, 2.75) is 32.2 Å². The van der Waals surface area contributed by atoms with Crippen molar-refractivity contribution in [3.63, 3.8) is 0 Å². The highest BCUT2D eigenvalue weighted by Gasteiger charge is 2.30. The van der Waals surface area contributed by atoms with Crippen molar-refractivity contribution in [2.24, 2.45) is 0 Å². The van der Waals surface area contributed by atoms with E-state index in [4.69, 9.17) is 21.4 Å². The number of carbonyl (C=O) groups excluding carboxylic acids is 1. The summed E-state index contributed by atoms with van der Waals surface area (Å²) in [6.45, 7) is 8.92. The van der Waals surface area contributed by atoms with E-state index >= 15 is 0 Å². The average molecular weight is 491 g/mol. The summed E-state index contributed by atoms with van der Waals surface area (Å²) < 4.78 is 5.69. The Morgan fingerprint density at radius 2 is 1.94 bits per heavy atom. The number of amides is 1. The van der Waals surface area contributed by atoms with E-state index in [1.165, 1.54) is 0 Å². The number of halogens is 1. The molecule has 0 saturated carbocycles. The van der Waals surface area contributed by atoms with E-state index in [0.29, 0.717) is 23.8 Å². The van der Waals surface area contributed by atoms with Crippen LogP contribution in [0.3, 0.4) is 0 Å². The molecule has 186 valence electrons. The van der Waals surface area contributed by atoms with E-state index in [1.54, 1.807) is 30.3 Å². The molecule has 1 fully saturated rings. The van der Waals surface area contributed by atoms with Crippen LogP contribution in [0.15, 0.2) is 36.5 Å². The second-order valence-electron chi connectivity index (χ2n) is 9.02. The Morgan fingerprint density at radius 1 is 1.24 bits per heavy atom. The summed E-state index contributed by atoms with van der Waals surface area (Å²) in [6, 6.07) is 9.30. The zero-order chi connectivity index (χ0) is 24.7. The van der Waals surface area contributed by atoms with E-state index in [2.05, 4.69) is 14.8 Å². The first-order valence-corrected chi connectivity index (χ1v) is 11.9. The molecule has 1 aliphatic rings. The van der Waals surface area contributed by atoms with Gasteiger partial charge < -0.3 is 19.8 Å². The molecule has 1 saturated heterocycles. The molecule has 1 aromatic heterocycles. The Hall–Kier alpha value is -2.07. The molecule has 0 bridgehead atoms. The highest BCUT2D eigenvalue weighted by atomic mass is 35.5. The summed E-state index contributed by atoms with van der Waals surface area (Å²) in [7, 11) is 1.57. The zero-order valence-corrected chi connectivity index (χ0v) is 20.9. The van der Waals surface area contributed by atoms with Crippen molar-refractivity contribution in [2.75, 3.05) is 53.0 Å². The first-order chi connectivity index (χ1) is 16.3. The quantitative estimate of drug-likeness (QED) is 0.368. The van der Waals surface area contributed by atoms with Gasteiger partial charge in [0.15, 0.2) is 6.23 Å². The number of nitrogens with zero attached hydrogens (tertiary/aromatic N) is 4. The van der Waals surface area contributed by atoms with E-state index < -0.39 is 11.8 Å². The minimum Gasteiger partial charge on any atom is -0.395 e. The van der Waals surface area contributed by atoms with Crippen LogP contribution in [-0.2, 0) is 21.7 Å². The Balaban J connectivity index is 1.71. The van der Waals surface area contributed by atoms with E-state index in [9.17, 15) is 9.90 Å². The monoisotopic (exact) mass is 490 g/mol. The van der Waals surface area contributed by atoms with Crippen LogP contribution in [0.4, 0.5) is 0 Å². The number of ether oxygens (including phenoxy) is 1. The van der Waals surface area contributed by atoms with Gasteiger partial charge >= 0.3 is 0 Å². The lowest BCUT2D eigenvalue weighted by Gasteiger charge is -2.38. The van der Waals surface area contributed by atoms with Crippen LogP contribution in [0.1, 0.15) is 35.5 Å².